The van der Waals surface area contributed by atoms with Crippen LogP contribution in [0.1, 0.15) is 37.7 Å². The van der Waals surface area contributed by atoms with Gasteiger partial charge in [0, 0.05) is 30.7 Å². The number of nitrogens with one attached hydrogen (secondary N) is 2. The largest absolute Gasteiger partial charge is 0.359 e. The van der Waals surface area contributed by atoms with Gasteiger partial charge >= 0.3 is 0 Å². The van der Waals surface area contributed by atoms with Crippen LogP contribution in [0.25, 0.3) is 0 Å². The van der Waals surface area contributed by atoms with Gasteiger partial charge in [0.2, 0.25) is 17.7 Å². The van der Waals surface area contributed by atoms with Gasteiger partial charge in [-0.3, -0.25) is 19.4 Å². The Hall–Kier alpha value is -3.52. The minimum Gasteiger partial charge on any atom is -0.359 e. The second-order valence-electron chi connectivity index (χ2n) is 10.2. The van der Waals surface area contributed by atoms with Crippen molar-refractivity contribution in [2.45, 2.75) is 62.4 Å². The van der Waals surface area contributed by atoms with Crippen LogP contribution >= 0.6 is 0 Å². The van der Waals surface area contributed by atoms with Crippen molar-refractivity contribution in [2.24, 2.45) is 11.8 Å². The molecule has 0 radical (unpaired) electrons. The zero-order valence-corrected chi connectivity index (χ0v) is 20.0. The summed E-state index contributed by atoms with van der Waals surface area (Å²) in [5.74, 6) is -2.20. The lowest BCUT2D eigenvalue weighted by atomic mass is 9.74. The van der Waals surface area contributed by atoms with E-state index < -0.39 is 29.6 Å². The molecule has 6 rings (SSSR count). The Morgan fingerprint density at radius 2 is 1.86 bits per heavy atom. The molecule has 2 N–H and O–H groups in total. The third-order valence-electron chi connectivity index (χ3n) is 7.99. The maximum Gasteiger partial charge on any atom is 0.246 e. The van der Waals surface area contributed by atoms with Gasteiger partial charge in [0.05, 0.1) is 17.9 Å². The monoisotopic (exact) mass is 486 g/mol. The molecular formula is C28H30N4O4. The molecule has 1 spiro atoms. The van der Waals surface area contributed by atoms with Crippen molar-refractivity contribution in [3.8, 4) is 0 Å². The highest BCUT2D eigenvalue weighted by Gasteiger charge is 2.72. The normalized spacial score (nSPS) is 30.9. The molecule has 3 amide bonds. The summed E-state index contributed by atoms with van der Waals surface area (Å²) < 4.78 is 6.41. The SMILES string of the molecule is O=C(Nc1ccccc1)[C@@H]1[C@H]2C=C[C@]3(O2)[C@H](C(=O)NC2CCCCC2)N(Cc2cccnc2)C(=O)[C@@H]13. The average molecular weight is 487 g/mol. The maximum absolute atomic E-state index is 14.0. The van der Waals surface area contributed by atoms with Crippen LogP contribution in [0.2, 0.25) is 0 Å². The maximum atomic E-state index is 14.0. The number of aromatic nitrogens is 1. The van der Waals surface area contributed by atoms with Crippen LogP contribution in [0.5, 0.6) is 0 Å². The summed E-state index contributed by atoms with van der Waals surface area (Å²) in [6.07, 6.45) is 11.7. The summed E-state index contributed by atoms with van der Waals surface area (Å²) >= 11 is 0. The molecule has 4 aliphatic rings. The topological polar surface area (TPSA) is 101 Å². The molecule has 4 heterocycles. The van der Waals surface area contributed by atoms with E-state index in [0.29, 0.717) is 5.69 Å². The van der Waals surface area contributed by atoms with E-state index >= 15 is 0 Å². The first-order chi connectivity index (χ1) is 17.6. The number of carbonyl (C=O) groups is 3. The van der Waals surface area contributed by atoms with Gasteiger partial charge in [0.25, 0.3) is 0 Å². The van der Waals surface area contributed by atoms with Crippen molar-refractivity contribution in [1.82, 2.24) is 15.2 Å². The Bertz CT molecular complexity index is 1180. The molecule has 0 unspecified atom stereocenters. The van der Waals surface area contributed by atoms with Gasteiger partial charge in [0.15, 0.2) is 0 Å². The molecule has 5 atom stereocenters. The van der Waals surface area contributed by atoms with E-state index in [4.69, 9.17) is 4.74 Å². The van der Waals surface area contributed by atoms with Crippen LogP contribution < -0.4 is 10.6 Å². The Labute approximate surface area is 210 Å². The van der Waals surface area contributed by atoms with Crippen LogP contribution in [0.3, 0.4) is 0 Å². The van der Waals surface area contributed by atoms with E-state index in [-0.39, 0.29) is 30.3 Å². The fourth-order valence-electron chi connectivity index (χ4n) is 6.40. The van der Waals surface area contributed by atoms with E-state index in [9.17, 15) is 14.4 Å². The summed E-state index contributed by atoms with van der Waals surface area (Å²) in [6.45, 7) is 0.225. The van der Waals surface area contributed by atoms with Gasteiger partial charge in [-0.15, -0.1) is 0 Å². The predicted octanol–water partition coefficient (Wildman–Crippen LogP) is 2.82. The van der Waals surface area contributed by atoms with Crippen LogP contribution in [0.15, 0.2) is 67.0 Å². The van der Waals surface area contributed by atoms with E-state index in [1.54, 1.807) is 17.3 Å². The minimum absolute atomic E-state index is 0.0943. The molecule has 186 valence electrons. The number of para-hydroxylation sites is 1. The lowest BCUT2D eigenvalue weighted by molar-refractivity contribution is -0.142. The highest BCUT2D eigenvalue weighted by molar-refractivity contribution is 6.02. The van der Waals surface area contributed by atoms with E-state index in [2.05, 4.69) is 15.6 Å². The number of ether oxygens (including phenoxy) is 1. The fourth-order valence-corrected chi connectivity index (χ4v) is 6.40. The average Bonchev–Trinajstić information content (AvgIpc) is 3.53. The Kier molecular flexibility index (Phi) is 5.84. The summed E-state index contributed by atoms with van der Waals surface area (Å²) in [4.78, 5) is 47.0. The second-order valence-corrected chi connectivity index (χ2v) is 10.2. The molecule has 1 saturated carbocycles. The smallest absolute Gasteiger partial charge is 0.246 e. The number of anilines is 1. The molecule has 1 aromatic heterocycles. The van der Waals surface area contributed by atoms with Gasteiger partial charge in [-0.05, 0) is 36.6 Å². The number of benzene rings is 1. The molecule has 1 aromatic carbocycles. The third kappa shape index (κ3) is 3.80. The predicted molar refractivity (Wildman–Crippen MR) is 132 cm³/mol. The summed E-state index contributed by atoms with van der Waals surface area (Å²) in [6, 6.07) is 12.1. The first kappa shape index (κ1) is 22.9. The molecule has 36 heavy (non-hydrogen) atoms. The fraction of sp³-hybridized carbons (Fsp3) is 0.429. The molecular weight excluding hydrogens is 456 g/mol. The number of nitrogens with zero attached hydrogens (tertiary/aromatic N) is 2. The number of hydrogen-bond acceptors (Lipinski definition) is 5. The van der Waals surface area contributed by atoms with Gasteiger partial charge in [-0.1, -0.05) is 55.7 Å². The summed E-state index contributed by atoms with van der Waals surface area (Å²) in [7, 11) is 0. The lowest BCUT2D eigenvalue weighted by Gasteiger charge is -2.34. The van der Waals surface area contributed by atoms with Crippen molar-refractivity contribution >= 4 is 23.4 Å². The third-order valence-corrected chi connectivity index (χ3v) is 7.99. The van der Waals surface area contributed by atoms with Crippen LogP contribution in [-0.4, -0.2) is 51.4 Å². The van der Waals surface area contributed by atoms with Crippen LogP contribution in [-0.2, 0) is 25.7 Å². The molecule has 8 heteroatoms. The number of carbonyl (C=O) groups excluding carboxylic acids is 3. The van der Waals surface area contributed by atoms with Crippen molar-refractivity contribution in [3.05, 3.63) is 72.6 Å². The van der Waals surface area contributed by atoms with Gasteiger partial charge in [-0.2, -0.15) is 0 Å². The quantitative estimate of drug-likeness (QED) is 0.612. The molecule has 2 saturated heterocycles. The van der Waals surface area contributed by atoms with E-state index in [1.807, 2.05) is 54.6 Å². The molecule has 3 fully saturated rings. The van der Waals surface area contributed by atoms with E-state index in [1.165, 1.54) is 6.42 Å². The van der Waals surface area contributed by atoms with Gasteiger partial charge < -0.3 is 20.3 Å². The highest BCUT2D eigenvalue weighted by atomic mass is 16.5. The van der Waals surface area contributed by atoms with Crippen LogP contribution in [0.4, 0.5) is 5.69 Å². The van der Waals surface area contributed by atoms with Crippen molar-refractivity contribution in [1.29, 1.82) is 0 Å². The summed E-state index contributed by atoms with van der Waals surface area (Å²) in [5.41, 5.74) is 0.315. The summed E-state index contributed by atoms with van der Waals surface area (Å²) in [5, 5.41) is 6.15. The number of likely N-dealkylation sites (tertiary alicyclic amines) is 1. The van der Waals surface area contributed by atoms with Gasteiger partial charge in [0.1, 0.15) is 11.6 Å². The minimum atomic E-state index is -1.17. The second kappa shape index (κ2) is 9.17. The van der Waals surface area contributed by atoms with E-state index in [0.717, 1.165) is 31.2 Å². The molecule has 2 aromatic rings. The number of fused-ring (bicyclic) bond motifs is 1. The standard InChI is InChI=1S/C28H30N4O4/c33-25(30-19-9-3-1-4-10-19)22-21-13-14-28(36-21)23(22)27(35)32(17-18-8-7-15-29-16-18)24(28)26(34)31-20-11-5-2-6-12-20/h1,3-4,7-10,13-16,20-24H,2,5-6,11-12,17H2,(H,30,33)(H,31,34)/t21-,22-,23-,24+,28-/m1/s1. The molecule has 2 bridgehead atoms. The first-order valence-corrected chi connectivity index (χ1v) is 12.8. The van der Waals surface area contributed by atoms with Crippen molar-refractivity contribution in [3.63, 3.8) is 0 Å². The number of amides is 3. The Morgan fingerprint density at radius 3 is 2.61 bits per heavy atom. The number of hydrogen-bond donors (Lipinski definition) is 2. The molecule has 3 aliphatic heterocycles. The Morgan fingerprint density at radius 1 is 1.06 bits per heavy atom. The lowest BCUT2D eigenvalue weighted by Crippen LogP contribution is -2.56. The first-order valence-electron chi connectivity index (χ1n) is 12.8. The van der Waals surface area contributed by atoms with Gasteiger partial charge in [-0.25, -0.2) is 0 Å². The zero-order chi connectivity index (χ0) is 24.7. The zero-order valence-electron chi connectivity index (χ0n) is 20.0. The Balaban J connectivity index is 1.33. The molecule has 1 aliphatic carbocycles. The van der Waals surface area contributed by atoms with Crippen molar-refractivity contribution < 1.29 is 19.1 Å². The molecule has 8 nitrogen and oxygen atoms in total. The van der Waals surface area contributed by atoms with Crippen LogP contribution in [0, 0.1) is 11.8 Å². The number of pyridine rings is 1. The number of rotatable bonds is 6. The highest BCUT2D eigenvalue weighted by Crippen LogP contribution is 2.55. The van der Waals surface area contributed by atoms with Crippen molar-refractivity contribution in [2.75, 3.05) is 5.32 Å².